The lowest BCUT2D eigenvalue weighted by atomic mass is 9.87. The van der Waals surface area contributed by atoms with Crippen molar-refractivity contribution in [2.24, 2.45) is 5.41 Å². The molecule has 2 rings (SSSR count). The van der Waals surface area contributed by atoms with Crippen molar-refractivity contribution in [2.45, 2.75) is 32.1 Å². The summed E-state index contributed by atoms with van der Waals surface area (Å²) in [6.45, 7) is 1.90. The van der Waals surface area contributed by atoms with Crippen molar-refractivity contribution in [1.82, 2.24) is 9.88 Å². The lowest BCUT2D eigenvalue weighted by Crippen LogP contribution is -2.36. The van der Waals surface area contributed by atoms with E-state index in [1.807, 2.05) is 12.4 Å². The summed E-state index contributed by atoms with van der Waals surface area (Å²) in [6.07, 6.45) is 10.4. The monoisotopic (exact) mass is 246 g/mol. The zero-order chi connectivity index (χ0) is 12.8. The first-order chi connectivity index (χ1) is 8.74. The average molecular weight is 246 g/mol. The molecule has 1 heterocycles. The molecule has 0 saturated heterocycles. The molecule has 0 amide bonds. The molecule has 18 heavy (non-hydrogen) atoms. The summed E-state index contributed by atoms with van der Waals surface area (Å²) in [5, 5.41) is 0. The maximum atomic E-state index is 11.3. The van der Waals surface area contributed by atoms with E-state index in [0.717, 1.165) is 32.4 Å². The SMILES string of the molecule is CN(CCc1ccncc1)CC1(C=O)CCCC1. The number of hydrogen-bond acceptors (Lipinski definition) is 3. The molecule has 1 saturated carbocycles. The van der Waals surface area contributed by atoms with Crippen LogP contribution in [0.2, 0.25) is 0 Å². The molecule has 1 aliphatic rings. The number of nitrogens with zero attached hydrogens (tertiary/aromatic N) is 2. The van der Waals surface area contributed by atoms with Gasteiger partial charge in [0.05, 0.1) is 0 Å². The Morgan fingerprint density at radius 2 is 2.00 bits per heavy atom. The molecule has 1 aromatic rings. The first-order valence-electron chi connectivity index (χ1n) is 6.78. The van der Waals surface area contributed by atoms with E-state index < -0.39 is 0 Å². The van der Waals surface area contributed by atoms with Gasteiger partial charge in [0.1, 0.15) is 6.29 Å². The van der Waals surface area contributed by atoms with Crippen molar-refractivity contribution in [3.8, 4) is 0 Å². The molecule has 98 valence electrons. The summed E-state index contributed by atoms with van der Waals surface area (Å²) >= 11 is 0. The third kappa shape index (κ3) is 3.39. The van der Waals surface area contributed by atoms with E-state index in [2.05, 4.69) is 29.1 Å². The van der Waals surface area contributed by atoms with Gasteiger partial charge in [-0.25, -0.2) is 0 Å². The first-order valence-corrected chi connectivity index (χ1v) is 6.78. The summed E-state index contributed by atoms with van der Waals surface area (Å²) < 4.78 is 0. The number of aldehydes is 1. The second-order valence-electron chi connectivity index (χ2n) is 5.53. The fraction of sp³-hybridized carbons (Fsp3) is 0.600. The minimum Gasteiger partial charge on any atom is -0.305 e. The zero-order valence-electron chi connectivity index (χ0n) is 11.1. The number of likely N-dealkylation sites (N-methyl/N-ethyl adjacent to an activating group) is 1. The van der Waals surface area contributed by atoms with Gasteiger partial charge in [0.2, 0.25) is 0 Å². The van der Waals surface area contributed by atoms with Crippen molar-refractivity contribution < 1.29 is 4.79 Å². The molecular weight excluding hydrogens is 224 g/mol. The summed E-state index contributed by atoms with van der Waals surface area (Å²) in [7, 11) is 2.12. The number of hydrogen-bond donors (Lipinski definition) is 0. The predicted molar refractivity (Wildman–Crippen MR) is 72.4 cm³/mol. The van der Waals surface area contributed by atoms with Crippen LogP contribution in [0.25, 0.3) is 0 Å². The van der Waals surface area contributed by atoms with Gasteiger partial charge >= 0.3 is 0 Å². The highest BCUT2D eigenvalue weighted by Crippen LogP contribution is 2.36. The highest BCUT2D eigenvalue weighted by atomic mass is 16.1. The molecule has 1 aliphatic carbocycles. The van der Waals surface area contributed by atoms with Gasteiger partial charge in [-0.1, -0.05) is 12.8 Å². The Morgan fingerprint density at radius 1 is 1.33 bits per heavy atom. The van der Waals surface area contributed by atoms with Crippen LogP contribution in [0.3, 0.4) is 0 Å². The predicted octanol–water partition coefficient (Wildman–Crippen LogP) is 2.32. The highest BCUT2D eigenvalue weighted by molar-refractivity contribution is 5.60. The molecule has 1 aromatic heterocycles. The van der Waals surface area contributed by atoms with Crippen LogP contribution in [0, 0.1) is 5.41 Å². The van der Waals surface area contributed by atoms with Crippen LogP contribution >= 0.6 is 0 Å². The third-order valence-electron chi connectivity index (χ3n) is 3.97. The quantitative estimate of drug-likeness (QED) is 0.722. The Labute approximate surface area is 109 Å². The van der Waals surface area contributed by atoms with Crippen LogP contribution in [-0.4, -0.2) is 36.3 Å². The summed E-state index contributed by atoms with van der Waals surface area (Å²) in [5.41, 5.74) is 1.25. The maximum Gasteiger partial charge on any atom is 0.127 e. The van der Waals surface area contributed by atoms with Crippen molar-refractivity contribution in [3.05, 3.63) is 30.1 Å². The Morgan fingerprint density at radius 3 is 2.61 bits per heavy atom. The topological polar surface area (TPSA) is 33.2 Å². The van der Waals surface area contributed by atoms with Crippen molar-refractivity contribution >= 4 is 6.29 Å². The molecule has 3 heteroatoms. The molecule has 0 bridgehead atoms. The minimum absolute atomic E-state index is 0.0625. The third-order valence-corrected chi connectivity index (χ3v) is 3.97. The van der Waals surface area contributed by atoms with Crippen LogP contribution in [-0.2, 0) is 11.2 Å². The van der Waals surface area contributed by atoms with Gasteiger partial charge in [-0.15, -0.1) is 0 Å². The van der Waals surface area contributed by atoms with Crippen LogP contribution in [0.4, 0.5) is 0 Å². The van der Waals surface area contributed by atoms with Crippen molar-refractivity contribution in [1.29, 1.82) is 0 Å². The molecule has 0 N–H and O–H groups in total. The largest absolute Gasteiger partial charge is 0.305 e. The van der Waals surface area contributed by atoms with E-state index in [1.165, 1.54) is 24.7 Å². The van der Waals surface area contributed by atoms with Gasteiger partial charge in [0, 0.05) is 30.9 Å². The highest BCUT2D eigenvalue weighted by Gasteiger charge is 2.34. The normalized spacial score (nSPS) is 18.1. The molecule has 0 radical (unpaired) electrons. The molecular formula is C15H22N2O. The lowest BCUT2D eigenvalue weighted by Gasteiger charge is -2.28. The second kappa shape index (κ2) is 6.10. The van der Waals surface area contributed by atoms with E-state index in [0.29, 0.717) is 0 Å². The van der Waals surface area contributed by atoms with Crippen LogP contribution < -0.4 is 0 Å². The second-order valence-corrected chi connectivity index (χ2v) is 5.53. The Balaban J connectivity index is 1.81. The fourth-order valence-electron chi connectivity index (χ4n) is 2.88. The van der Waals surface area contributed by atoms with E-state index in [-0.39, 0.29) is 5.41 Å². The molecule has 0 atom stereocenters. The number of rotatable bonds is 6. The van der Waals surface area contributed by atoms with E-state index in [4.69, 9.17) is 0 Å². The molecule has 0 aliphatic heterocycles. The molecule has 0 spiro atoms. The van der Waals surface area contributed by atoms with Gasteiger partial charge in [-0.3, -0.25) is 4.98 Å². The van der Waals surface area contributed by atoms with Gasteiger partial charge < -0.3 is 9.69 Å². The smallest absolute Gasteiger partial charge is 0.127 e. The standard InChI is InChI=1S/C15H22N2O/c1-17(11-6-14-4-9-16-10-5-14)12-15(13-18)7-2-3-8-15/h4-5,9-10,13H,2-3,6-8,11-12H2,1H3. The number of pyridine rings is 1. The van der Waals surface area contributed by atoms with Gasteiger partial charge in [0.25, 0.3) is 0 Å². The Bertz CT molecular complexity index is 371. The van der Waals surface area contributed by atoms with Gasteiger partial charge in [-0.2, -0.15) is 0 Å². The first kappa shape index (κ1) is 13.2. The summed E-state index contributed by atoms with van der Waals surface area (Å²) in [5.74, 6) is 0. The van der Waals surface area contributed by atoms with Gasteiger partial charge in [-0.05, 0) is 44.0 Å². The number of carbonyl (C=O) groups is 1. The Hall–Kier alpha value is -1.22. The van der Waals surface area contributed by atoms with E-state index >= 15 is 0 Å². The minimum atomic E-state index is -0.0625. The lowest BCUT2D eigenvalue weighted by molar-refractivity contribution is -0.116. The molecule has 1 fully saturated rings. The number of aromatic nitrogens is 1. The molecule has 0 unspecified atom stereocenters. The van der Waals surface area contributed by atoms with E-state index in [9.17, 15) is 4.79 Å². The molecule has 3 nitrogen and oxygen atoms in total. The summed E-state index contributed by atoms with van der Waals surface area (Å²) in [6, 6.07) is 4.11. The van der Waals surface area contributed by atoms with Crippen molar-refractivity contribution in [2.75, 3.05) is 20.1 Å². The van der Waals surface area contributed by atoms with Crippen molar-refractivity contribution in [3.63, 3.8) is 0 Å². The zero-order valence-corrected chi connectivity index (χ0v) is 11.1. The maximum absolute atomic E-state index is 11.3. The Kier molecular flexibility index (Phi) is 4.48. The van der Waals surface area contributed by atoms with Crippen LogP contribution in [0.15, 0.2) is 24.5 Å². The average Bonchev–Trinajstić information content (AvgIpc) is 2.87. The summed E-state index contributed by atoms with van der Waals surface area (Å²) in [4.78, 5) is 17.6. The van der Waals surface area contributed by atoms with Crippen LogP contribution in [0.5, 0.6) is 0 Å². The number of carbonyl (C=O) groups excluding carboxylic acids is 1. The molecule has 0 aromatic carbocycles. The fourth-order valence-corrected chi connectivity index (χ4v) is 2.88. The van der Waals surface area contributed by atoms with E-state index in [1.54, 1.807) is 0 Å². The van der Waals surface area contributed by atoms with Crippen LogP contribution in [0.1, 0.15) is 31.2 Å². The van der Waals surface area contributed by atoms with Gasteiger partial charge in [0.15, 0.2) is 0 Å².